The van der Waals surface area contributed by atoms with Crippen LogP contribution in [0.1, 0.15) is 31.7 Å². The second-order valence-corrected chi connectivity index (χ2v) is 5.07. The van der Waals surface area contributed by atoms with Crippen LogP contribution in [0.25, 0.3) is 0 Å². The van der Waals surface area contributed by atoms with Crippen molar-refractivity contribution < 1.29 is 14.3 Å². The van der Waals surface area contributed by atoms with Crippen LogP contribution in [0.3, 0.4) is 0 Å². The highest BCUT2D eigenvalue weighted by atomic mass is 16.5. The number of allylic oxidation sites excluding steroid dienone is 1. The minimum atomic E-state index is -0.711. The summed E-state index contributed by atoms with van der Waals surface area (Å²) >= 11 is 0. The lowest BCUT2D eigenvalue weighted by atomic mass is 10.1. The van der Waals surface area contributed by atoms with Crippen molar-refractivity contribution in [3.8, 4) is 0 Å². The van der Waals surface area contributed by atoms with Gasteiger partial charge in [-0.2, -0.15) is 0 Å². The Bertz CT molecular complexity index is 509. The zero-order valence-electron chi connectivity index (χ0n) is 13.2. The number of carbonyl (C=O) groups is 2. The van der Waals surface area contributed by atoms with E-state index in [2.05, 4.69) is 12.2 Å². The maximum Gasteiger partial charge on any atom is 0.328 e. The third kappa shape index (κ3) is 6.43. The van der Waals surface area contributed by atoms with Crippen LogP contribution in [-0.4, -0.2) is 25.0 Å². The summed E-state index contributed by atoms with van der Waals surface area (Å²) in [5, 5.41) is 2.68. The van der Waals surface area contributed by atoms with Gasteiger partial charge in [0.2, 0.25) is 5.91 Å². The molecule has 3 N–H and O–H groups in total. The van der Waals surface area contributed by atoms with E-state index in [9.17, 15) is 9.59 Å². The Labute approximate surface area is 131 Å². The van der Waals surface area contributed by atoms with E-state index < -0.39 is 12.0 Å². The number of ether oxygens (including phenoxy) is 1. The Morgan fingerprint density at radius 1 is 1.32 bits per heavy atom. The molecule has 1 rings (SSSR count). The van der Waals surface area contributed by atoms with Crippen molar-refractivity contribution in [1.29, 1.82) is 0 Å². The Morgan fingerprint density at radius 2 is 2.00 bits per heavy atom. The molecule has 0 saturated heterocycles. The maximum absolute atomic E-state index is 11.9. The molecule has 120 valence electrons. The smallest absolute Gasteiger partial charge is 0.328 e. The summed E-state index contributed by atoms with van der Waals surface area (Å²) in [6.45, 7) is 2.09. The topological polar surface area (TPSA) is 81.4 Å². The molecule has 0 aliphatic rings. The van der Waals surface area contributed by atoms with Crippen LogP contribution in [0, 0.1) is 0 Å². The first kappa shape index (κ1) is 17.8. The van der Waals surface area contributed by atoms with Gasteiger partial charge in [0, 0.05) is 12.1 Å². The van der Waals surface area contributed by atoms with E-state index in [4.69, 9.17) is 10.5 Å². The highest BCUT2D eigenvalue weighted by Crippen LogP contribution is 2.09. The maximum atomic E-state index is 11.9. The number of hydrogen-bond donors (Lipinski definition) is 2. The third-order valence-electron chi connectivity index (χ3n) is 3.22. The monoisotopic (exact) mass is 304 g/mol. The standard InChI is InChI=1S/C17H24N2O3/c1-3-4-5-6-7-16(20)19-15(17(21)22-2)12-13-8-10-14(18)11-9-13/h6-11,15H,3-5,12,18H2,1-2H3,(H,19,20)/b7-6+/t15-/m0/s1. The average Bonchev–Trinajstić information content (AvgIpc) is 2.52. The quantitative estimate of drug-likeness (QED) is 0.334. The molecule has 0 bridgehead atoms. The van der Waals surface area contributed by atoms with Gasteiger partial charge in [-0.3, -0.25) is 4.79 Å². The van der Waals surface area contributed by atoms with Gasteiger partial charge >= 0.3 is 5.97 Å². The fourth-order valence-electron chi connectivity index (χ4n) is 1.96. The first-order chi connectivity index (χ1) is 10.6. The van der Waals surface area contributed by atoms with E-state index in [0.717, 1.165) is 24.8 Å². The van der Waals surface area contributed by atoms with Crippen molar-refractivity contribution in [3.63, 3.8) is 0 Å². The largest absolute Gasteiger partial charge is 0.467 e. The lowest BCUT2D eigenvalue weighted by Gasteiger charge is -2.15. The minimum Gasteiger partial charge on any atom is -0.467 e. The molecule has 1 atom stereocenters. The van der Waals surface area contributed by atoms with Crippen LogP contribution < -0.4 is 11.1 Å². The van der Waals surface area contributed by atoms with Crippen molar-refractivity contribution in [2.24, 2.45) is 0 Å². The average molecular weight is 304 g/mol. The zero-order valence-corrected chi connectivity index (χ0v) is 13.2. The molecule has 5 heteroatoms. The predicted molar refractivity (Wildman–Crippen MR) is 87.2 cm³/mol. The van der Waals surface area contributed by atoms with Crippen LogP contribution >= 0.6 is 0 Å². The van der Waals surface area contributed by atoms with Gasteiger partial charge in [0.25, 0.3) is 0 Å². The molecule has 0 saturated carbocycles. The molecule has 0 heterocycles. The molecule has 0 fully saturated rings. The number of nitrogens with one attached hydrogen (secondary N) is 1. The molecule has 1 amide bonds. The highest BCUT2D eigenvalue weighted by Gasteiger charge is 2.20. The number of amides is 1. The number of carbonyl (C=O) groups excluding carboxylic acids is 2. The second-order valence-electron chi connectivity index (χ2n) is 5.07. The Morgan fingerprint density at radius 3 is 2.59 bits per heavy atom. The fraction of sp³-hybridized carbons (Fsp3) is 0.412. The van der Waals surface area contributed by atoms with E-state index in [0.29, 0.717) is 12.1 Å². The number of rotatable bonds is 8. The van der Waals surface area contributed by atoms with Gasteiger partial charge in [0.05, 0.1) is 7.11 Å². The molecule has 1 aromatic rings. The molecule has 22 heavy (non-hydrogen) atoms. The summed E-state index contributed by atoms with van der Waals surface area (Å²) in [7, 11) is 1.31. The van der Waals surface area contributed by atoms with Crippen LogP contribution in [0.15, 0.2) is 36.4 Å². The summed E-state index contributed by atoms with van der Waals surface area (Å²) in [6.07, 6.45) is 6.61. The Hall–Kier alpha value is -2.30. The van der Waals surface area contributed by atoms with Gasteiger partial charge in [-0.05, 0) is 30.2 Å². The van der Waals surface area contributed by atoms with E-state index in [-0.39, 0.29) is 5.91 Å². The van der Waals surface area contributed by atoms with E-state index in [1.54, 1.807) is 12.1 Å². The molecule has 0 aromatic heterocycles. The van der Waals surface area contributed by atoms with Crippen molar-refractivity contribution in [1.82, 2.24) is 5.32 Å². The zero-order chi connectivity index (χ0) is 16.4. The molecule has 0 unspecified atom stereocenters. The number of anilines is 1. The summed E-state index contributed by atoms with van der Waals surface area (Å²) in [5.41, 5.74) is 7.19. The SMILES string of the molecule is CCCC/C=C/C(=O)N[C@@H](Cc1ccc(N)cc1)C(=O)OC. The summed E-state index contributed by atoms with van der Waals surface area (Å²) < 4.78 is 4.75. The lowest BCUT2D eigenvalue weighted by molar-refractivity contribution is -0.144. The lowest BCUT2D eigenvalue weighted by Crippen LogP contribution is -2.42. The number of hydrogen-bond acceptors (Lipinski definition) is 4. The molecule has 0 spiro atoms. The molecular weight excluding hydrogens is 280 g/mol. The third-order valence-corrected chi connectivity index (χ3v) is 3.22. The fourth-order valence-corrected chi connectivity index (χ4v) is 1.96. The summed E-state index contributed by atoms with van der Waals surface area (Å²) in [4.78, 5) is 23.7. The molecular formula is C17H24N2O3. The first-order valence-corrected chi connectivity index (χ1v) is 7.46. The minimum absolute atomic E-state index is 0.290. The second kappa shape index (κ2) is 9.60. The predicted octanol–water partition coefficient (Wildman–Crippen LogP) is 2.22. The molecule has 0 aliphatic heterocycles. The number of esters is 1. The van der Waals surface area contributed by atoms with Crippen molar-refractivity contribution in [2.45, 2.75) is 38.6 Å². The number of benzene rings is 1. The number of nitrogens with two attached hydrogens (primary N) is 1. The number of unbranched alkanes of at least 4 members (excludes halogenated alkanes) is 2. The van der Waals surface area contributed by atoms with Gasteiger partial charge < -0.3 is 15.8 Å². The molecule has 0 aliphatic carbocycles. The van der Waals surface area contributed by atoms with Gasteiger partial charge in [0.1, 0.15) is 6.04 Å². The van der Waals surface area contributed by atoms with Crippen LogP contribution in [0.5, 0.6) is 0 Å². The molecule has 5 nitrogen and oxygen atoms in total. The first-order valence-electron chi connectivity index (χ1n) is 7.46. The summed E-state index contributed by atoms with van der Waals surface area (Å²) in [5.74, 6) is -0.755. The number of methoxy groups -OCH3 is 1. The Kier molecular flexibility index (Phi) is 7.75. The van der Waals surface area contributed by atoms with Crippen LogP contribution in [-0.2, 0) is 20.7 Å². The molecule has 1 aromatic carbocycles. The van der Waals surface area contributed by atoms with E-state index in [1.807, 2.05) is 18.2 Å². The van der Waals surface area contributed by atoms with Gasteiger partial charge in [-0.1, -0.05) is 38.0 Å². The van der Waals surface area contributed by atoms with Crippen molar-refractivity contribution in [3.05, 3.63) is 42.0 Å². The van der Waals surface area contributed by atoms with Crippen molar-refractivity contribution in [2.75, 3.05) is 12.8 Å². The van der Waals surface area contributed by atoms with Gasteiger partial charge in [-0.15, -0.1) is 0 Å². The van der Waals surface area contributed by atoms with E-state index >= 15 is 0 Å². The van der Waals surface area contributed by atoms with Crippen molar-refractivity contribution >= 4 is 17.6 Å². The van der Waals surface area contributed by atoms with Gasteiger partial charge in [-0.25, -0.2) is 4.79 Å². The molecule has 0 radical (unpaired) electrons. The van der Waals surface area contributed by atoms with Gasteiger partial charge in [0.15, 0.2) is 0 Å². The van der Waals surface area contributed by atoms with Crippen LogP contribution in [0.4, 0.5) is 5.69 Å². The number of nitrogen functional groups attached to an aromatic ring is 1. The Balaban J connectivity index is 2.64. The highest BCUT2D eigenvalue weighted by molar-refractivity contribution is 5.91. The normalized spacial score (nSPS) is 12.1. The van der Waals surface area contributed by atoms with Crippen LogP contribution in [0.2, 0.25) is 0 Å². The summed E-state index contributed by atoms with van der Waals surface area (Å²) in [6, 6.07) is 6.46. The van der Waals surface area contributed by atoms with E-state index in [1.165, 1.54) is 13.2 Å².